The van der Waals surface area contributed by atoms with Crippen molar-refractivity contribution in [2.75, 3.05) is 13.1 Å². The van der Waals surface area contributed by atoms with Gasteiger partial charge in [-0.05, 0) is 99.3 Å². The number of carbonyl (C=O) groups is 3. The Labute approximate surface area is 313 Å². The zero-order valence-corrected chi connectivity index (χ0v) is 31.3. The first-order chi connectivity index (χ1) is 25.7. The van der Waals surface area contributed by atoms with E-state index in [0.29, 0.717) is 42.8 Å². The molecule has 0 spiro atoms. The number of para-hydroxylation sites is 1. The number of Topliss-reactive ketones (excluding diaryl/α,β-unsaturated/α-hetero) is 1. The van der Waals surface area contributed by atoms with Crippen LogP contribution in [0.2, 0.25) is 0 Å². The molecule has 3 fully saturated rings. The summed E-state index contributed by atoms with van der Waals surface area (Å²) in [7, 11) is 0. The van der Waals surface area contributed by atoms with Crippen LogP contribution >= 0.6 is 0 Å². The standard InChI is InChI=1S/C39H52F3N7O5/c1-5-38(37(53)44-26-12-10-24(17-26)11-13-33(50)31-18-29(22(2)3)45-47-31)20-25(38)16-23(4)30-19-32(48-46-30)36(52)49-15-14-27(21-49)43-35(51)28-8-6-7-9-34(28)54-39(40,41)42/h6-9,18-19,22-27,37,44,53H,5,10-17,20-21H2,1-4H3,(H,43,51)(H,45,47)(H,46,48)/t23?,24?,25?,26?,27?,37-,38?/m0/s1. The van der Waals surface area contributed by atoms with Gasteiger partial charge < -0.3 is 20.1 Å². The Bertz CT molecular complexity index is 1790. The number of hydrogen-bond acceptors (Lipinski definition) is 8. The third kappa shape index (κ3) is 9.16. The number of benzene rings is 1. The Morgan fingerprint density at radius 2 is 1.76 bits per heavy atom. The first kappa shape index (κ1) is 39.5. The van der Waals surface area contributed by atoms with Gasteiger partial charge in [-0.2, -0.15) is 10.2 Å². The van der Waals surface area contributed by atoms with Crippen molar-refractivity contribution < 1.29 is 37.4 Å². The quantitative estimate of drug-likeness (QED) is 0.0823. The van der Waals surface area contributed by atoms with Crippen LogP contribution in [0, 0.1) is 17.3 Å². The maximum atomic E-state index is 13.3. The van der Waals surface area contributed by atoms with Gasteiger partial charge in [-0.25, -0.2) is 0 Å². The molecule has 3 aromatic rings. The second-order valence-corrected chi connectivity index (χ2v) is 15.9. The average Bonchev–Trinajstić information content (AvgIpc) is 3.76. The number of amides is 2. The van der Waals surface area contributed by atoms with E-state index >= 15 is 0 Å². The summed E-state index contributed by atoms with van der Waals surface area (Å²) in [6, 6.07) is 8.52. The van der Waals surface area contributed by atoms with E-state index in [4.69, 9.17) is 0 Å². The van der Waals surface area contributed by atoms with Gasteiger partial charge >= 0.3 is 6.36 Å². The minimum atomic E-state index is -4.94. The molecule has 1 aromatic carbocycles. The number of hydrogen-bond donors (Lipinski definition) is 5. The molecule has 0 radical (unpaired) electrons. The number of aliphatic hydroxyl groups is 1. The highest BCUT2D eigenvalue weighted by molar-refractivity contribution is 5.97. The van der Waals surface area contributed by atoms with Crippen LogP contribution in [0.5, 0.6) is 5.75 Å². The van der Waals surface area contributed by atoms with Crippen molar-refractivity contribution >= 4 is 17.6 Å². The fraction of sp³-hybridized carbons (Fsp3) is 0.615. The van der Waals surface area contributed by atoms with Gasteiger partial charge in [0.25, 0.3) is 11.8 Å². The Morgan fingerprint density at radius 1 is 1.04 bits per heavy atom. The van der Waals surface area contributed by atoms with Crippen molar-refractivity contribution in [3.8, 4) is 5.75 Å². The molecule has 294 valence electrons. The van der Waals surface area contributed by atoms with Crippen molar-refractivity contribution in [3.63, 3.8) is 0 Å². The van der Waals surface area contributed by atoms with E-state index in [0.717, 1.165) is 62.4 Å². The van der Waals surface area contributed by atoms with Crippen molar-refractivity contribution in [1.82, 2.24) is 35.9 Å². The lowest BCUT2D eigenvalue weighted by Crippen LogP contribution is -2.43. The van der Waals surface area contributed by atoms with Crippen molar-refractivity contribution in [1.29, 1.82) is 0 Å². The lowest BCUT2D eigenvalue weighted by molar-refractivity contribution is -0.274. The Balaban J connectivity index is 0.945. The van der Waals surface area contributed by atoms with E-state index in [-0.39, 0.29) is 46.9 Å². The van der Waals surface area contributed by atoms with Crippen LogP contribution in [-0.4, -0.2) is 85.8 Å². The summed E-state index contributed by atoms with van der Waals surface area (Å²) in [6.45, 7) is 8.87. The van der Waals surface area contributed by atoms with E-state index in [1.54, 1.807) is 11.0 Å². The molecule has 2 saturated carbocycles. The molecule has 0 bridgehead atoms. The maximum absolute atomic E-state index is 13.3. The predicted octanol–water partition coefficient (Wildman–Crippen LogP) is 6.45. The van der Waals surface area contributed by atoms with Gasteiger partial charge in [0.1, 0.15) is 23.4 Å². The fourth-order valence-corrected chi connectivity index (χ4v) is 8.40. The van der Waals surface area contributed by atoms with Gasteiger partial charge in [0, 0.05) is 48.4 Å². The van der Waals surface area contributed by atoms with Crippen LogP contribution in [-0.2, 0) is 0 Å². The molecular formula is C39H52F3N7O5. The Hall–Kier alpha value is -4.24. The Kier molecular flexibility index (Phi) is 11.9. The van der Waals surface area contributed by atoms with Crippen LogP contribution in [0.1, 0.15) is 140 Å². The number of aliphatic hydroxyl groups excluding tert-OH is 1. The maximum Gasteiger partial charge on any atom is 0.573 e. The molecule has 15 heteroatoms. The summed E-state index contributed by atoms with van der Waals surface area (Å²) >= 11 is 0. The second-order valence-electron chi connectivity index (χ2n) is 15.9. The number of alkyl halides is 3. The number of nitrogens with one attached hydrogen (secondary N) is 4. The number of carbonyl (C=O) groups excluding carboxylic acids is 3. The van der Waals surface area contributed by atoms with Crippen LogP contribution < -0.4 is 15.4 Å². The number of H-pyrrole nitrogens is 2. The molecule has 6 unspecified atom stereocenters. The molecule has 1 saturated heterocycles. The molecule has 2 aliphatic carbocycles. The van der Waals surface area contributed by atoms with Crippen LogP contribution in [0.4, 0.5) is 13.2 Å². The van der Waals surface area contributed by atoms with Gasteiger partial charge in [0.2, 0.25) is 0 Å². The summed E-state index contributed by atoms with van der Waals surface area (Å²) in [5.74, 6) is -0.437. The largest absolute Gasteiger partial charge is 0.573 e. The van der Waals surface area contributed by atoms with Crippen LogP contribution in [0.25, 0.3) is 0 Å². The molecule has 5 N–H and O–H groups in total. The number of halogens is 3. The van der Waals surface area contributed by atoms with Crippen LogP contribution in [0.15, 0.2) is 36.4 Å². The monoisotopic (exact) mass is 755 g/mol. The summed E-state index contributed by atoms with van der Waals surface area (Å²) in [4.78, 5) is 40.5. The van der Waals surface area contributed by atoms with E-state index < -0.39 is 30.3 Å². The highest BCUT2D eigenvalue weighted by Gasteiger charge is 2.57. The molecule has 12 nitrogen and oxygen atoms in total. The second kappa shape index (κ2) is 16.2. The smallest absolute Gasteiger partial charge is 0.405 e. The lowest BCUT2D eigenvalue weighted by Gasteiger charge is -2.27. The average molecular weight is 756 g/mol. The zero-order valence-electron chi connectivity index (χ0n) is 31.3. The van der Waals surface area contributed by atoms with E-state index in [2.05, 4.69) is 63.5 Å². The van der Waals surface area contributed by atoms with E-state index in [1.165, 1.54) is 18.2 Å². The third-order valence-corrected chi connectivity index (χ3v) is 11.9. The van der Waals surface area contributed by atoms with E-state index in [1.807, 2.05) is 6.07 Å². The molecule has 3 aliphatic rings. The minimum absolute atomic E-state index is 0.0637. The molecule has 6 rings (SSSR count). The molecule has 2 aromatic heterocycles. The van der Waals surface area contributed by atoms with Crippen molar-refractivity contribution in [3.05, 3.63) is 64.7 Å². The minimum Gasteiger partial charge on any atom is -0.405 e. The topological polar surface area (TPSA) is 165 Å². The van der Waals surface area contributed by atoms with Gasteiger partial charge in [-0.1, -0.05) is 39.8 Å². The first-order valence-electron chi connectivity index (χ1n) is 19.2. The SMILES string of the molecule is CCC1([C@H](O)NC2CCC(CCC(=O)c3cc(C(C)C)[nH]n3)C2)CC1CC(C)c1cc(C(=O)N2CCC(NC(=O)c3ccccc3OC(F)(F)F)C2)n[nH]1. The normalized spacial score (nSPS) is 25.2. The number of aromatic amines is 2. The van der Waals surface area contributed by atoms with Crippen molar-refractivity contribution in [2.45, 2.75) is 122 Å². The molecular weight excluding hydrogens is 703 g/mol. The third-order valence-electron chi connectivity index (χ3n) is 11.9. The zero-order chi connectivity index (χ0) is 38.8. The predicted molar refractivity (Wildman–Crippen MR) is 194 cm³/mol. The van der Waals surface area contributed by atoms with E-state index in [9.17, 15) is 32.7 Å². The highest BCUT2D eigenvalue weighted by Crippen LogP contribution is 2.60. The molecule has 54 heavy (non-hydrogen) atoms. The summed E-state index contributed by atoms with van der Waals surface area (Å²) in [5.41, 5.74) is 2.10. The van der Waals surface area contributed by atoms with Gasteiger partial charge in [-0.3, -0.25) is 29.9 Å². The number of nitrogens with zero attached hydrogens (tertiary/aromatic N) is 3. The molecule has 1 aliphatic heterocycles. The lowest BCUT2D eigenvalue weighted by atomic mass is 9.91. The number of likely N-dealkylation sites (tertiary alicyclic amines) is 1. The first-order valence-corrected chi connectivity index (χ1v) is 19.2. The summed E-state index contributed by atoms with van der Waals surface area (Å²) < 4.78 is 42.5. The van der Waals surface area contributed by atoms with Crippen molar-refractivity contribution in [2.24, 2.45) is 17.3 Å². The number of rotatable bonds is 16. The van der Waals surface area contributed by atoms with Crippen LogP contribution in [0.3, 0.4) is 0 Å². The number of ketones is 1. The number of aromatic nitrogens is 4. The molecule has 3 heterocycles. The van der Waals surface area contributed by atoms with Gasteiger partial charge in [-0.15, -0.1) is 13.2 Å². The summed E-state index contributed by atoms with van der Waals surface area (Å²) in [6.07, 6.45) is 1.66. The summed E-state index contributed by atoms with van der Waals surface area (Å²) in [5, 5.41) is 32.2. The van der Waals surface area contributed by atoms with Gasteiger partial charge in [0.15, 0.2) is 5.78 Å². The fourth-order valence-electron chi connectivity index (χ4n) is 8.40. The van der Waals surface area contributed by atoms with Gasteiger partial charge in [0.05, 0.1) is 5.56 Å². The molecule has 7 atom stereocenters. The molecule has 2 amide bonds. The number of ether oxygens (including phenoxy) is 1. The highest BCUT2D eigenvalue weighted by atomic mass is 19.4. The Morgan fingerprint density at radius 3 is 2.48 bits per heavy atom.